The van der Waals surface area contributed by atoms with Crippen molar-refractivity contribution in [2.75, 3.05) is 31.6 Å². The molecule has 2 atom stereocenters. The van der Waals surface area contributed by atoms with Gasteiger partial charge in [-0.25, -0.2) is 14.5 Å². The fourth-order valence-corrected chi connectivity index (χ4v) is 5.72. The van der Waals surface area contributed by atoms with Gasteiger partial charge in [0.05, 0.1) is 36.8 Å². The molecule has 0 spiro atoms. The average Bonchev–Trinajstić information content (AvgIpc) is 3.47. The minimum atomic E-state index is -0.299. The van der Waals surface area contributed by atoms with Crippen LogP contribution in [0.1, 0.15) is 78.6 Å². The highest BCUT2D eigenvalue weighted by Crippen LogP contribution is 2.39. The first-order valence-electron chi connectivity index (χ1n) is 15.5. The van der Waals surface area contributed by atoms with E-state index in [0.717, 1.165) is 28.1 Å². The van der Waals surface area contributed by atoms with Gasteiger partial charge < -0.3 is 19.7 Å². The molecule has 2 N–H and O–H groups in total. The van der Waals surface area contributed by atoms with Crippen molar-refractivity contribution in [1.29, 1.82) is 0 Å². The van der Waals surface area contributed by atoms with Gasteiger partial charge in [0.25, 0.3) is 5.91 Å². The van der Waals surface area contributed by atoms with Crippen LogP contribution in [0.25, 0.3) is 5.69 Å². The molecule has 1 saturated heterocycles. The van der Waals surface area contributed by atoms with Crippen LogP contribution >= 0.6 is 0 Å². The molecule has 2 unspecified atom stereocenters. The maximum Gasteiger partial charge on any atom is 0.320 e. The highest BCUT2D eigenvalue weighted by Gasteiger charge is 2.30. The smallest absolute Gasteiger partial charge is 0.320 e. The molecule has 2 aromatic heterocycles. The van der Waals surface area contributed by atoms with Gasteiger partial charge in [-0.2, -0.15) is 5.10 Å². The van der Waals surface area contributed by atoms with Crippen molar-refractivity contribution in [2.45, 2.75) is 58.1 Å². The number of anilines is 1. The molecule has 0 bridgehead atoms. The fraction of sp³-hybridized carbons (Fsp3) is 0.371. The average molecular weight is 609 g/mol. The Morgan fingerprint density at radius 2 is 1.69 bits per heavy atom. The molecular formula is C35H40N6O4. The summed E-state index contributed by atoms with van der Waals surface area (Å²) in [5.74, 6) is 1.10. The summed E-state index contributed by atoms with van der Waals surface area (Å²) in [7, 11) is 0. The topological polar surface area (TPSA) is 111 Å². The number of nitrogens with one attached hydrogen (secondary N) is 2. The minimum Gasteiger partial charge on any atom is -0.484 e. The van der Waals surface area contributed by atoms with E-state index < -0.39 is 0 Å². The second-order valence-corrected chi connectivity index (χ2v) is 12.7. The monoisotopic (exact) mass is 608 g/mol. The molecule has 1 aliphatic carbocycles. The van der Waals surface area contributed by atoms with E-state index in [-0.39, 0.29) is 29.5 Å². The number of aryl methyl sites for hydroxylation is 1. The molecule has 4 aromatic rings. The molecule has 6 rings (SSSR count). The molecule has 45 heavy (non-hydrogen) atoms. The van der Waals surface area contributed by atoms with Crippen molar-refractivity contribution in [3.05, 3.63) is 101 Å². The Kier molecular flexibility index (Phi) is 8.58. The summed E-state index contributed by atoms with van der Waals surface area (Å²) < 4.78 is 13.5. The van der Waals surface area contributed by atoms with Crippen LogP contribution in [0.3, 0.4) is 0 Å². The predicted molar refractivity (Wildman–Crippen MR) is 172 cm³/mol. The van der Waals surface area contributed by atoms with E-state index in [1.807, 2.05) is 61.5 Å². The summed E-state index contributed by atoms with van der Waals surface area (Å²) in [5, 5.41) is 11.1. The fourth-order valence-electron chi connectivity index (χ4n) is 5.72. The molecule has 1 fully saturated rings. The molecule has 234 valence electrons. The number of carbonyl (C=O) groups excluding carboxylic acids is 2. The van der Waals surface area contributed by atoms with Crippen molar-refractivity contribution < 1.29 is 19.1 Å². The van der Waals surface area contributed by atoms with E-state index >= 15 is 0 Å². The van der Waals surface area contributed by atoms with Gasteiger partial charge in [-0.05, 0) is 55.2 Å². The molecule has 2 aliphatic rings. The summed E-state index contributed by atoms with van der Waals surface area (Å²) in [4.78, 5) is 32.3. The molecule has 0 saturated carbocycles. The van der Waals surface area contributed by atoms with Gasteiger partial charge in [0.15, 0.2) is 0 Å². The third-order valence-corrected chi connectivity index (χ3v) is 8.27. The SMILES string of the molecule is Cc1ccc(-n2nc(C(C)(C)C)cc2NC(=O)NC2CCC(Oc3ccc(C(=O)N4CCOCC4)nc3)c3ccccc32)cc1. The van der Waals surface area contributed by atoms with E-state index in [4.69, 9.17) is 14.6 Å². The van der Waals surface area contributed by atoms with Crippen molar-refractivity contribution >= 4 is 17.8 Å². The van der Waals surface area contributed by atoms with E-state index in [9.17, 15) is 9.59 Å². The number of pyridine rings is 1. The number of hydrogen-bond acceptors (Lipinski definition) is 6. The van der Waals surface area contributed by atoms with Crippen LogP contribution in [0.5, 0.6) is 5.75 Å². The van der Waals surface area contributed by atoms with Crippen molar-refractivity contribution in [3.8, 4) is 11.4 Å². The number of rotatable bonds is 6. The molecule has 10 heteroatoms. The van der Waals surface area contributed by atoms with Crippen LogP contribution < -0.4 is 15.4 Å². The van der Waals surface area contributed by atoms with Crippen molar-refractivity contribution in [2.24, 2.45) is 0 Å². The van der Waals surface area contributed by atoms with Gasteiger partial charge in [-0.1, -0.05) is 62.7 Å². The van der Waals surface area contributed by atoms with Crippen molar-refractivity contribution in [3.63, 3.8) is 0 Å². The molecule has 10 nitrogen and oxygen atoms in total. The minimum absolute atomic E-state index is 0.100. The van der Waals surface area contributed by atoms with E-state index in [2.05, 4.69) is 36.4 Å². The zero-order valence-corrected chi connectivity index (χ0v) is 26.2. The normalized spacial score (nSPS) is 18.2. The number of benzene rings is 2. The van der Waals surface area contributed by atoms with Gasteiger partial charge in [-0.3, -0.25) is 10.1 Å². The molecule has 3 amide bonds. The Balaban J connectivity index is 1.14. The number of amides is 3. The third-order valence-electron chi connectivity index (χ3n) is 8.27. The predicted octanol–water partition coefficient (Wildman–Crippen LogP) is 6.12. The Morgan fingerprint density at radius 1 is 0.956 bits per heavy atom. The van der Waals surface area contributed by atoms with Gasteiger partial charge >= 0.3 is 6.03 Å². The Bertz CT molecular complexity index is 1650. The Labute approximate surface area is 263 Å². The van der Waals surface area contributed by atoms with Gasteiger partial charge in [0.2, 0.25) is 0 Å². The lowest BCUT2D eigenvalue weighted by Crippen LogP contribution is -2.41. The lowest BCUT2D eigenvalue weighted by atomic mass is 9.85. The highest BCUT2D eigenvalue weighted by atomic mass is 16.5. The number of morpholine rings is 1. The summed E-state index contributed by atoms with van der Waals surface area (Å²) in [6.45, 7) is 10.6. The van der Waals surface area contributed by atoms with Crippen LogP contribution in [0, 0.1) is 6.92 Å². The van der Waals surface area contributed by atoms with E-state index in [1.165, 1.54) is 0 Å². The van der Waals surface area contributed by atoms with Gasteiger partial charge in [0.1, 0.15) is 23.4 Å². The number of ether oxygens (including phenoxy) is 2. The number of nitrogens with zero attached hydrogens (tertiary/aromatic N) is 4. The molecule has 2 aromatic carbocycles. The number of aromatic nitrogens is 3. The first-order chi connectivity index (χ1) is 21.7. The summed E-state index contributed by atoms with van der Waals surface area (Å²) in [6.07, 6.45) is 2.80. The largest absolute Gasteiger partial charge is 0.484 e. The van der Waals surface area contributed by atoms with Crippen LogP contribution in [-0.2, 0) is 10.2 Å². The van der Waals surface area contributed by atoms with Gasteiger partial charge in [0, 0.05) is 24.6 Å². The summed E-state index contributed by atoms with van der Waals surface area (Å²) in [6, 6.07) is 21.1. The lowest BCUT2D eigenvalue weighted by Gasteiger charge is -2.32. The summed E-state index contributed by atoms with van der Waals surface area (Å²) in [5.41, 5.74) is 5.15. The lowest BCUT2D eigenvalue weighted by molar-refractivity contribution is 0.0299. The van der Waals surface area contributed by atoms with E-state index in [0.29, 0.717) is 56.4 Å². The summed E-state index contributed by atoms with van der Waals surface area (Å²) >= 11 is 0. The molecule has 1 aliphatic heterocycles. The van der Waals surface area contributed by atoms with Gasteiger partial charge in [-0.15, -0.1) is 0 Å². The number of fused-ring (bicyclic) bond motifs is 1. The van der Waals surface area contributed by atoms with Crippen LogP contribution in [0.15, 0.2) is 72.9 Å². The standard InChI is InChI=1S/C35H40N6O4/c1-23-9-11-24(12-10-23)41-32(21-31(39-41)35(2,3)4)38-34(43)37-28-15-16-30(27-8-6-5-7-26(27)28)45-25-13-14-29(36-22-25)33(42)40-17-19-44-20-18-40/h5-14,21-22,28,30H,15-20H2,1-4H3,(H2,37,38,43). The highest BCUT2D eigenvalue weighted by molar-refractivity contribution is 5.92. The quantitative estimate of drug-likeness (QED) is 0.273. The zero-order valence-electron chi connectivity index (χ0n) is 26.2. The number of carbonyl (C=O) groups is 2. The molecule has 0 radical (unpaired) electrons. The second kappa shape index (κ2) is 12.7. The first kappa shape index (κ1) is 30.3. The maximum atomic E-state index is 13.4. The van der Waals surface area contributed by atoms with E-state index in [1.54, 1.807) is 27.9 Å². The number of urea groups is 1. The zero-order chi connectivity index (χ0) is 31.6. The maximum absolute atomic E-state index is 13.4. The van der Waals surface area contributed by atoms with Crippen LogP contribution in [-0.4, -0.2) is 57.9 Å². The molecular weight excluding hydrogens is 568 g/mol. The van der Waals surface area contributed by atoms with Crippen LogP contribution in [0.2, 0.25) is 0 Å². The Hall–Kier alpha value is -4.70. The number of hydrogen-bond donors (Lipinski definition) is 2. The Morgan fingerprint density at radius 3 is 2.38 bits per heavy atom. The molecule has 3 heterocycles. The third kappa shape index (κ3) is 6.86. The second-order valence-electron chi connectivity index (χ2n) is 12.7. The first-order valence-corrected chi connectivity index (χ1v) is 15.5. The van der Waals surface area contributed by atoms with Crippen molar-refractivity contribution in [1.82, 2.24) is 25.0 Å². The van der Waals surface area contributed by atoms with Crippen LogP contribution in [0.4, 0.5) is 10.6 Å².